The molecule has 1 amide bonds. The van der Waals surface area contributed by atoms with Crippen LogP contribution >= 0.6 is 15.9 Å². The van der Waals surface area contributed by atoms with E-state index in [0.717, 1.165) is 10.9 Å². The van der Waals surface area contributed by atoms with Gasteiger partial charge in [-0.3, -0.25) is 4.79 Å². The Morgan fingerprint density at radius 1 is 1.39 bits per heavy atom. The highest BCUT2D eigenvalue weighted by Crippen LogP contribution is 2.19. The number of rotatable bonds is 2. The zero-order valence-electron chi connectivity index (χ0n) is 10.8. The normalized spacial score (nSPS) is 18.7. The SMILES string of the molecule is CC1(C)CN(C(=O)c2ccc(CBr)cc2)CCO1. The van der Waals surface area contributed by atoms with Gasteiger partial charge >= 0.3 is 0 Å². The molecule has 0 spiro atoms. The largest absolute Gasteiger partial charge is 0.372 e. The zero-order valence-corrected chi connectivity index (χ0v) is 12.4. The summed E-state index contributed by atoms with van der Waals surface area (Å²) in [6.07, 6.45) is 0. The Kier molecular flexibility index (Phi) is 4.07. The van der Waals surface area contributed by atoms with E-state index in [1.807, 2.05) is 43.0 Å². The number of carbonyl (C=O) groups excluding carboxylic acids is 1. The third-order valence-corrected chi connectivity index (χ3v) is 3.72. The summed E-state index contributed by atoms with van der Waals surface area (Å²) in [5, 5.41) is 0.812. The predicted molar refractivity (Wildman–Crippen MR) is 75.0 cm³/mol. The number of morpholine rings is 1. The van der Waals surface area contributed by atoms with Gasteiger partial charge in [-0.2, -0.15) is 0 Å². The minimum absolute atomic E-state index is 0.0903. The number of halogens is 1. The number of alkyl halides is 1. The number of nitrogens with zero attached hydrogens (tertiary/aromatic N) is 1. The molecule has 0 N–H and O–H groups in total. The van der Waals surface area contributed by atoms with Crippen molar-refractivity contribution in [2.24, 2.45) is 0 Å². The monoisotopic (exact) mass is 311 g/mol. The fourth-order valence-electron chi connectivity index (χ4n) is 2.11. The number of carbonyl (C=O) groups is 1. The lowest BCUT2D eigenvalue weighted by atomic mass is 10.1. The van der Waals surface area contributed by atoms with Gasteiger partial charge in [-0.15, -0.1) is 0 Å². The van der Waals surface area contributed by atoms with Crippen LogP contribution in [0.5, 0.6) is 0 Å². The smallest absolute Gasteiger partial charge is 0.254 e. The van der Waals surface area contributed by atoms with Crippen molar-refractivity contribution in [1.82, 2.24) is 4.90 Å². The predicted octanol–water partition coefficient (Wildman–Crippen LogP) is 2.83. The summed E-state index contributed by atoms with van der Waals surface area (Å²) in [5.74, 6) is 0.0903. The third-order valence-electron chi connectivity index (χ3n) is 3.07. The van der Waals surface area contributed by atoms with Gasteiger partial charge in [0.15, 0.2) is 0 Å². The standard InChI is InChI=1S/C14H18BrNO2/c1-14(2)10-16(7-8-18-14)13(17)12-5-3-11(9-15)4-6-12/h3-6H,7-10H2,1-2H3. The van der Waals surface area contributed by atoms with Gasteiger partial charge in [0.05, 0.1) is 12.2 Å². The summed E-state index contributed by atoms with van der Waals surface area (Å²) in [4.78, 5) is 14.2. The number of hydrogen-bond acceptors (Lipinski definition) is 2. The number of amides is 1. The van der Waals surface area contributed by atoms with Gasteiger partial charge in [0, 0.05) is 24.0 Å². The Morgan fingerprint density at radius 3 is 2.61 bits per heavy atom. The van der Waals surface area contributed by atoms with E-state index in [4.69, 9.17) is 4.74 Å². The van der Waals surface area contributed by atoms with Crippen LogP contribution < -0.4 is 0 Å². The number of benzene rings is 1. The lowest BCUT2D eigenvalue weighted by molar-refractivity contribution is -0.0764. The van der Waals surface area contributed by atoms with Gasteiger partial charge in [-0.1, -0.05) is 28.1 Å². The van der Waals surface area contributed by atoms with E-state index in [0.29, 0.717) is 19.7 Å². The third kappa shape index (κ3) is 3.12. The topological polar surface area (TPSA) is 29.5 Å². The van der Waals surface area contributed by atoms with Crippen molar-refractivity contribution >= 4 is 21.8 Å². The fourth-order valence-corrected chi connectivity index (χ4v) is 2.48. The first-order valence-corrected chi connectivity index (χ1v) is 7.22. The fraction of sp³-hybridized carbons (Fsp3) is 0.500. The van der Waals surface area contributed by atoms with E-state index in [-0.39, 0.29) is 11.5 Å². The molecule has 3 nitrogen and oxygen atoms in total. The summed E-state index contributed by atoms with van der Waals surface area (Å²) in [6.45, 7) is 5.95. The molecule has 1 heterocycles. The minimum Gasteiger partial charge on any atom is -0.372 e. The Morgan fingerprint density at radius 2 is 2.06 bits per heavy atom. The highest BCUT2D eigenvalue weighted by molar-refractivity contribution is 9.08. The molecule has 4 heteroatoms. The molecule has 0 unspecified atom stereocenters. The van der Waals surface area contributed by atoms with Crippen LogP contribution in [0.15, 0.2) is 24.3 Å². The summed E-state index contributed by atoms with van der Waals surface area (Å²) >= 11 is 3.40. The second-order valence-electron chi connectivity index (χ2n) is 5.17. The quantitative estimate of drug-likeness (QED) is 0.786. The van der Waals surface area contributed by atoms with E-state index in [9.17, 15) is 4.79 Å². The highest BCUT2D eigenvalue weighted by Gasteiger charge is 2.30. The minimum atomic E-state index is -0.246. The lowest BCUT2D eigenvalue weighted by Crippen LogP contribution is -2.50. The van der Waals surface area contributed by atoms with Crippen molar-refractivity contribution in [1.29, 1.82) is 0 Å². The summed E-state index contributed by atoms with van der Waals surface area (Å²) in [5.41, 5.74) is 1.68. The summed E-state index contributed by atoms with van der Waals surface area (Å²) in [6, 6.07) is 7.74. The molecule has 18 heavy (non-hydrogen) atoms. The Balaban J connectivity index is 2.10. The van der Waals surface area contributed by atoms with Crippen LogP contribution in [0, 0.1) is 0 Å². The first-order valence-electron chi connectivity index (χ1n) is 6.10. The summed E-state index contributed by atoms with van der Waals surface area (Å²) < 4.78 is 5.62. The second-order valence-corrected chi connectivity index (χ2v) is 5.73. The van der Waals surface area contributed by atoms with Crippen LogP contribution in [0.1, 0.15) is 29.8 Å². The van der Waals surface area contributed by atoms with E-state index < -0.39 is 0 Å². The summed E-state index contributed by atoms with van der Waals surface area (Å²) in [7, 11) is 0. The number of hydrogen-bond donors (Lipinski definition) is 0. The molecule has 1 aromatic rings. The van der Waals surface area contributed by atoms with Crippen molar-refractivity contribution in [2.75, 3.05) is 19.7 Å². The molecular weight excluding hydrogens is 294 g/mol. The molecule has 1 fully saturated rings. The number of ether oxygens (including phenoxy) is 1. The van der Waals surface area contributed by atoms with E-state index in [1.54, 1.807) is 0 Å². The molecule has 0 radical (unpaired) electrons. The van der Waals surface area contributed by atoms with Crippen molar-refractivity contribution in [3.63, 3.8) is 0 Å². The molecule has 98 valence electrons. The van der Waals surface area contributed by atoms with Gasteiger partial charge in [-0.05, 0) is 31.5 Å². The molecular formula is C14H18BrNO2. The Bertz CT molecular complexity index is 428. The van der Waals surface area contributed by atoms with Gasteiger partial charge in [0.2, 0.25) is 0 Å². The van der Waals surface area contributed by atoms with Crippen LogP contribution in [0.4, 0.5) is 0 Å². The molecule has 0 atom stereocenters. The van der Waals surface area contributed by atoms with E-state index in [2.05, 4.69) is 15.9 Å². The lowest BCUT2D eigenvalue weighted by Gasteiger charge is -2.38. The van der Waals surface area contributed by atoms with Crippen LogP contribution in [0.2, 0.25) is 0 Å². The van der Waals surface area contributed by atoms with Crippen LogP contribution in [-0.4, -0.2) is 36.1 Å². The van der Waals surface area contributed by atoms with Crippen molar-refractivity contribution in [3.8, 4) is 0 Å². The maximum absolute atomic E-state index is 12.3. The highest BCUT2D eigenvalue weighted by atomic mass is 79.9. The molecule has 1 aromatic carbocycles. The van der Waals surface area contributed by atoms with E-state index >= 15 is 0 Å². The van der Waals surface area contributed by atoms with Gasteiger partial charge in [-0.25, -0.2) is 0 Å². The molecule has 1 saturated heterocycles. The first kappa shape index (κ1) is 13.6. The Labute approximate surface area is 116 Å². The molecule has 2 rings (SSSR count). The van der Waals surface area contributed by atoms with Crippen LogP contribution in [0.25, 0.3) is 0 Å². The zero-order chi connectivity index (χ0) is 13.2. The van der Waals surface area contributed by atoms with Crippen molar-refractivity contribution < 1.29 is 9.53 Å². The first-order chi connectivity index (χ1) is 8.52. The molecule has 0 bridgehead atoms. The van der Waals surface area contributed by atoms with E-state index in [1.165, 1.54) is 5.56 Å². The maximum Gasteiger partial charge on any atom is 0.254 e. The average molecular weight is 312 g/mol. The maximum atomic E-state index is 12.3. The second kappa shape index (κ2) is 5.41. The molecule has 1 aliphatic rings. The average Bonchev–Trinajstić information content (AvgIpc) is 2.37. The van der Waals surface area contributed by atoms with Crippen molar-refractivity contribution in [2.45, 2.75) is 24.8 Å². The van der Waals surface area contributed by atoms with Crippen molar-refractivity contribution in [3.05, 3.63) is 35.4 Å². The Hall–Kier alpha value is -0.870. The van der Waals surface area contributed by atoms with Crippen LogP contribution in [0.3, 0.4) is 0 Å². The molecule has 0 saturated carbocycles. The van der Waals surface area contributed by atoms with Gasteiger partial charge in [0.1, 0.15) is 0 Å². The van der Waals surface area contributed by atoms with Gasteiger partial charge < -0.3 is 9.64 Å². The van der Waals surface area contributed by atoms with Crippen LogP contribution in [-0.2, 0) is 10.1 Å². The molecule has 0 aliphatic carbocycles. The van der Waals surface area contributed by atoms with Gasteiger partial charge in [0.25, 0.3) is 5.91 Å². The molecule has 0 aromatic heterocycles. The molecule has 1 aliphatic heterocycles.